The topological polar surface area (TPSA) is 62.8 Å². The van der Waals surface area contributed by atoms with E-state index in [1.165, 1.54) is 0 Å². The van der Waals surface area contributed by atoms with Gasteiger partial charge in [0, 0.05) is 31.2 Å². The number of morpholine rings is 1. The lowest BCUT2D eigenvalue weighted by molar-refractivity contribution is 0.0387. The Bertz CT molecular complexity index is 507. The fourth-order valence-corrected chi connectivity index (χ4v) is 2.37. The van der Waals surface area contributed by atoms with Crippen LogP contribution in [-0.4, -0.2) is 63.5 Å². The third-order valence-corrected chi connectivity index (χ3v) is 4.03. The first kappa shape index (κ1) is 17.8. The van der Waals surface area contributed by atoms with E-state index in [-0.39, 0.29) is 6.03 Å². The van der Waals surface area contributed by atoms with Crippen LogP contribution in [0.1, 0.15) is 5.56 Å². The number of ether oxygens (including phenoxy) is 2. The Morgan fingerprint density at radius 3 is 2.78 bits per heavy atom. The molecule has 0 bridgehead atoms. The molecule has 1 aliphatic heterocycles. The molecule has 1 aromatic carbocycles. The second kappa shape index (κ2) is 9.60. The van der Waals surface area contributed by atoms with Gasteiger partial charge in [-0.2, -0.15) is 0 Å². The Kier molecular flexibility index (Phi) is 7.45. The lowest BCUT2D eigenvalue weighted by Gasteiger charge is -2.26. The van der Waals surface area contributed by atoms with Crippen LogP contribution in [0.15, 0.2) is 18.2 Å². The third-order valence-electron chi connectivity index (χ3n) is 3.60. The van der Waals surface area contributed by atoms with Crippen molar-refractivity contribution in [3.63, 3.8) is 0 Å². The highest BCUT2D eigenvalue weighted by molar-refractivity contribution is 6.31. The van der Waals surface area contributed by atoms with Crippen molar-refractivity contribution >= 4 is 17.6 Å². The van der Waals surface area contributed by atoms with E-state index in [9.17, 15) is 4.79 Å². The van der Waals surface area contributed by atoms with E-state index in [4.69, 9.17) is 21.1 Å². The van der Waals surface area contributed by atoms with Crippen LogP contribution in [0.5, 0.6) is 5.75 Å². The Labute approximate surface area is 142 Å². The summed E-state index contributed by atoms with van der Waals surface area (Å²) in [6, 6.07) is 5.33. The molecular formula is C16H24ClN3O3. The monoisotopic (exact) mass is 341 g/mol. The van der Waals surface area contributed by atoms with Crippen LogP contribution in [0.3, 0.4) is 0 Å². The number of nitrogens with one attached hydrogen (secondary N) is 2. The van der Waals surface area contributed by atoms with Gasteiger partial charge in [-0.1, -0.05) is 11.6 Å². The molecule has 23 heavy (non-hydrogen) atoms. The highest BCUT2D eigenvalue weighted by Gasteiger charge is 2.09. The van der Waals surface area contributed by atoms with Gasteiger partial charge in [-0.25, -0.2) is 4.79 Å². The average Bonchev–Trinajstić information content (AvgIpc) is 2.56. The maximum Gasteiger partial charge on any atom is 0.314 e. The summed E-state index contributed by atoms with van der Waals surface area (Å²) < 4.78 is 10.8. The van der Waals surface area contributed by atoms with Crippen molar-refractivity contribution in [2.45, 2.75) is 6.92 Å². The predicted molar refractivity (Wildman–Crippen MR) is 90.3 cm³/mol. The molecule has 1 aliphatic rings. The normalized spacial score (nSPS) is 15.2. The van der Waals surface area contributed by atoms with Gasteiger partial charge in [0.05, 0.1) is 19.8 Å². The van der Waals surface area contributed by atoms with Crippen LogP contribution in [0.25, 0.3) is 0 Å². The molecule has 0 unspecified atom stereocenters. The Morgan fingerprint density at radius 1 is 1.30 bits per heavy atom. The first-order chi connectivity index (χ1) is 11.1. The zero-order valence-electron chi connectivity index (χ0n) is 13.4. The largest absolute Gasteiger partial charge is 0.492 e. The van der Waals surface area contributed by atoms with Gasteiger partial charge in [0.15, 0.2) is 0 Å². The van der Waals surface area contributed by atoms with Crippen LogP contribution in [-0.2, 0) is 4.74 Å². The van der Waals surface area contributed by atoms with Gasteiger partial charge in [-0.15, -0.1) is 0 Å². The maximum absolute atomic E-state index is 11.7. The van der Waals surface area contributed by atoms with E-state index in [0.717, 1.165) is 49.2 Å². The number of benzene rings is 1. The van der Waals surface area contributed by atoms with Crippen LogP contribution in [0.4, 0.5) is 4.79 Å². The van der Waals surface area contributed by atoms with Gasteiger partial charge >= 0.3 is 6.03 Å². The van der Waals surface area contributed by atoms with Gasteiger partial charge in [-0.05, 0) is 30.7 Å². The van der Waals surface area contributed by atoms with E-state index >= 15 is 0 Å². The molecule has 128 valence electrons. The van der Waals surface area contributed by atoms with Crippen molar-refractivity contribution < 1.29 is 14.3 Å². The number of halogens is 1. The zero-order valence-corrected chi connectivity index (χ0v) is 14.2. The molecule has 7 heteroatoms. The van der Waals surface area contributed by atoms with E-state index in [0.29, 0.717) is 19.7 Å². The number of carbonyl (C=O) groups is 1. The van der Waals surface area contributed by atoms with Crippen LogP contribution in [0.2, 0.25) is 5.02 Å². The zero-order chi connectivity index (χ0) is 16.5. The van der Waals surface area contributed by atoms with Gasteiger partial charge in [0.25, 0.3) is 0 Å². The second-order valence-electron chi connectivity index (χ2n) is 5.40. The first-order valence-corrected chi connectivity index (χ1v) is 8.24. The molecule has 0 aromatic heterocycles. The van der Waals surface area contributed by atoms with E-state index in [2.05, 4.69) is 15.5 Å². The minimum absolute atomic E-state index is 0.172. The molecule has 0 saturated carbocycles. The number of aryl methyl sites for hydroxylation is 1. The number of carbonyl (C=O) groups excluding carboxylic acids is 1. The van der Waals surface area contributed by atoms with E-state index in [1.807, 2.05) is 19.1 Å². The quantitative estimate of drug-likeness (QED) is 0.740. The third kappa shape index (κ3) is 6.64. The number of rotatable bonds is 7. The van der Waals surface area contributed by atoms with Gasteiger partial charge < -0.3 is 20.1 Å². The van der Waals surface area contributed by atoms with Crippen molar-refractivity contribution in [3.8, 4) is 5.75 Å². The lowest BCUT2D eigenvalue weighted by atomic mass is 10.2. The lowest BCUT2D eigenvalue weighted by Crippen LogP contribution is -2.44. The maximum atomic E-state index is 11.7. The molecule has 6 nitrogen and oxygen atoms in total. The SMILES string of the molecule is Cc1cc(OCCNC(=O)NCCN2CCOCC2)ccc1Cl. The number of amides is 2. The predicted octanol–water partition coefficient (Wildman–Crippen LogP) is 1.66. The number of hydrogen-bond donors (Lipinski definition) is 2. The molecule has 0 atom stereocenters. The average molecular weight is 342 g/mol. The van der Waals surface area contributed by atoms with Crippen molar-refractivity contribution in [1.29, 1.82) is 0 Å². The number of hydrogen-bond acceptors (Lipinski definition) is 4. The standard InChI is InChI=1S/C16H24ClN3O3/c1-13-12-14(2-3-15(13)17)23-9-5-19-16(21)18-4-6-20-7-10-22-11-8-20/h2-3,12H,4-11H2,1H3,(H2,18,19,21). The molecular weight excluding hydrogens is 318 g/mol. The first-order valence-electron chi connectivity index (χ1n) is 7.86. The minimum Gasteiger partial charge on any atom is -0.492 e. The summed E-state index contributed by atoms with van der Waals surface area (Å²) in [7, 11) is 0. The summed E-state index contributed by atoms with van der Waals surface area (Å²) in [5, 5.41) is 6.33. The second-order valence-corrected chi connectivity index (χ2v) is 5.80. The van der Waals surface area contributed by atoms with Crippen molar-refractivity contribution in [3.05, 3.63) is 28.8 Å². The van der Waals surface area contributed by atoms with Crippen molar-refractivity contribution in [2.24, 2.45) is 0 Å². The summed E-state index contributed by atoms with van der Waals surface area (Å²) >= 11 is 5.96. The molecule has 0 aliphatic carbocycles. The highest BCUT2D eigenvalue weighted by Crippen LogP contribution is 2.20. The summed E-state index contributed by atoms with van der Waals surface area (Å²) in [5.41, 5.74) is 0.970. The van der Waals surface area contributed by atoms with Gasteiger partial charge in [-0.3, -0.25) is 4.90 Å². The fraction of sp³-hybridized carbons (Fsp3) is 0.562. The van der Waals surface area contributed by atoms with Gasteiger partial charge in [0.2, 0.25) is 0 Å². The Morgan fingerprint density at radius 2 is 2.04 bits per heavy atom. The van der Waals surface area contributed by atoms with Gasteiger partial charge in [0.1, 0.15) is 12.4 Å². The molecule has 2 N–H and O–H groups in total. The molecule has 1 heterocycles. The van der Waals surface area contributed by atoms with Crippen molar-refractivity contribution in [2.75, 3.05) is 52.5 Å². The molecule has 2 amide bonds. The highest BCUT2D eigenvalue weighted by atomic mass is 35.5. The molecule has 0 spiro atoms. The van der Waals surface area contributed by atoms with Crippen LogP contribution >= 0.6 is 11.6 Å². The van der Waals surface area contributed by atoms with E-state index < -0.39 is 0 Å². The molecule has 1 aromatic rings. The fourth-order valence-electron chi connectivity index (χ4n) is 2.26. The van der Waals surface area contributed by atoms with E-state index in [1.54, 1.807) is 6.07 Å². The Hall–Kier alpha value is -1.50. The van der Waals surface area contributed by atoms with Crippen LogP contribution < -0.4 is 15.4 Å². The minimum atomic E-state index is -0.172. The molecule has 2 rings (SSSR count). The molecule has 0 radical (unpaired) electrons. The molecule has 1 saturated heterocycles. The Balaban J connectivity index is 1.53. The number of nitrogens with zero attached hydrogens (tertiary/aromatic N) is 1. The summed E-state index contributed by atoms with van der Waals surface area (Å²) in [5.74, 6) is 0.751. The summed E-state index contributed by atoms with van der Waals surface area (Å²) in [4.78, 5) is 13.9. The van der Waals surface area contributed by atoms with Crippen molar-refractivity contribution in [1.82, 2.24) is 15.5 Å². The van der Waals surface area contributed by atoms with Crippen LogP contribution in [0, 0.1) is 6.92 Å². The molecule has 1 fully saturated rings. The summed E-state index contributed by atoms with van der Waals surface area (Å²) in [6.07, 6.45) is 0. The summed E-state index contributed by atoms with van der Waals surface area (Å²) in [6.45, 7) is 7.66. The smallest absolute Gasteiger partial charge is 0.314 e. The number of urea groups is 1.